The quantitative estimate of drug-likeness (QED) is 0.896. The Labute approximate surface area is 106 Å². The van der Waals surface area contributed by atoms with Crippen molar-refractivity contribution in [3.8, 4) is 0 Å². The molecule has 2 heterocycles. The Morgan fingerprint density at radius 2 is 2.20 bits per heavy atom. The molecule has 4 heteroatoms. The van der Waals surface area contributed by atoms with Gasteiger partial charge in [-0.15, -0.1) is 11.3 Å². The van der Waals surface area contributed by atoms with Crippen molar-refractivity contribution in [1.82, 2.24) is 5.32 Å². The Hall–Kier alpha value is -0.160. The lowest BCUT2D eigenvalue weighted by Crippen LogP contribution is -2.16. The molecular weight excluding hydrogens is 290 g/mol. The summed E-state index contributed by atoms with van der Waals surface area (Å²) < 4.78 is 1.19. The van der Waals surface area contributed by atoms with E-state index in [1.807, 2.05) is 18.4 Å². The highest BCUT2D eigenvalue weighted by Gasteiger charge is 2.18. The molecule has 1 atom stereocenters. The number of nitrogens with one attached hydrogen (secondary N) is 1. The van der Waals surface area contributed by atoms with Crippen LogP contribution in [0.1, 0.15) is 22.0 Å². The summed E-state index contributed by atoms with van der Waals surface area (Å²) in [4.78, 5) is 1.40. The van der Waals surface area contributed by atoms with Crippen LogP contribution in [-0.4, -0.2) is 7.05 Å². The van der Waals surface area contributed by atoms with Crippen LogP contribution in [0.2, 0.25) is 0 Å². The minimum Gasteiger partial charge on any atom is -0.309 e. The summed E-state index contributed by atoms with van der Waals surface area (Å²) in [7, 11) is 2.01. The van der Waals surface area contributed by atoms with E-state index in [1.54, 1.807) is 11.3 Å². The van der Waals surface area contributed by atoms with Gasteiger partial charge >= 0.3 is 0 Å². The van der Waals surface area contributed by atoms with Gasteiger partial charge in [0.25, 0.3) is 0 Å². The summed E-state index contributed by atoms with van der Waals surface area (Å²) >= 11 is 7.13. The van der Waals surface area contributed by atoms with E-state index in [9.17, 15) is 0 Å². The molecular formula is C11H12BrNS2. The van der Waals surface area contributed by atoms with Gasteiger partial charge < -0.3 is 5.32 Å². The summed E-state index contributed by atoms with van der Waals surface area (Å²) in [5.41, 5.74) is 2.69. The maximum atomic E-state index is 3.59. The van der Waals surface area contributed by atoms with Crippen LogP contribution in [0.3, 0.4) is 0 Å². The molecule has 0 radical (unpaired) electrons. The standard InChI is InChI=1S/C11H12BrNS2/c1-7-3-4-15-11(7)10(13-2)8-5-14-6-9(8)12/h3-6,10,13H,1-2H3. The smallest absolute Gasteiger partial charge is 0.0690 e. The predicted molar refractivity (Wildman–Crippen MR) is 72.0 cm³/mol. The summed E-state index contributed by atoms with van der Waals surface area (Å²) in [5.74, 6) is 0. The van der Waals surface area contributed by atoms with Crippen LogP contribution in [0.4, 0.5) is 0 Å². The van der Waals surface area contributed by atoms with Crippen LogP contribution in [0, 0.1) is 6.92 Å². The first-order chi connectivity index (χ1) is 7.24. The van der Waals surface area contributed by atoms with Gasteiger partial charge in [0.2, 0.25) is 0 Å². The first-order valence-corrected chi connectivity index (χ1v) is 7.28. The van der Waals surface area contributed by atoms with Crippen LogP contribution in [0.15, 0.2) is 26.7 Å². The third kappa shape index (κ3) is 2.18. The average molecular weight is 302 g/mol. The molecule has 15 heavy (non-hydrogen) atoms. The van der Waals surface area contributed by atoms with Crippen LogP contribution in [0.25, 0.3) is 0 Å². The number of rotatable bonds is 3. The fourth-order valence-corrected chi connectivity index (χ4v) is 4.21. The van der Waals surface area contributed by atoms with Crippen molar-refractivity contribution in [3.05, 3.63) is 42.7 Å². The molecule has 0 amide bonds. The molecule has 1 nitrogen and oxygen atoms in total. The fourth-order valence-electron chi connectivity index (χ4n) is 1.61. The van der Waals surface area contributed by atoms with Crippen molar-refractivity contribution >= 4 is 38.6 Å². The molecule has 2 aromatic heterocycles. The Kier molecular flexibility index (Phi) is 3.61. The summed E-state index contributed by atoms with van der Waals surface area (Å²) in [6.07, 6.45) is 0. The van der Waals surface area contributed by atoms with Gasteiger partial charge in [0, 0.05) is 14.7 Å². The number of hydrogen-bond acceptors (Lipinski definition) is 3. The maximum Gasteiger partial charge on any atom is 0.0690 e. The second-order valence-corrected chi connectivity index (χ2v) is 5.91. The highest BCUT2D eigenvalue weighted by atomic mass is 79.9. The maximum absolute atomic E-state index is 3.59. The van der Waals surface area contributed by atoms with E-state index in [2.05, 4.69) is 50.4 Å². The van der Waals surface area contributed by atoms with Gasteiger partial charge in [-0.3, -0.25) is 0 Å². The topological polar surface area (TPSA) is 12.0 Å². The van der Waals surface area contributed by atoms with Crippen molar-refractivity contribution in [3.63, 3.8) is 0 Å². The number of thiophene rings is 2. The Morgan fingerprint density at radius 3 is 2.67 bits per heavy atom. The van der Waals surface area contributed by atoms with Crippen molar-refractivity contribution in [2.75, 3.05) is 7.05 Å². The van der Waals surface area contributed by atoms with Crippen LogP contribution in [-0.2, 0) is 0 Å². The Morgan fingerprint density at radius 1 is 1.40 bits per heavy atom. The first-order valence-electron chi connectivity index (χ1n) is 4.67. The molecule has 0 aliphatic heterocycles. The highest BCUT2D eigenvalue weighted by molar-refractivity contribution is 9.10. The van der Waals surface area contributed by atoms with E-state index in [0.29, 0.717) is 6.04 Å². The second-order valence-electron chi connectivity index (χ2n) is 3.36. The summed E-state index contributed by atoms with van der Waals surface area (Å²) in [5, 5.41) is 9.85. The Bertz CT molecular complexity index is 407. The number of aryl methyl sites for hydroxylation is 1. The molecule has 80 valence electrons. The lowest BCUT2D eigenvalue weighted by molar-refractivity contribution is 0.700. The number of halogens is 1. The lowest BCUT2D eigenvalue weighted by atomic mass is 10.1. The SMILES string of the molecule is CNC(c1cscc1Br)c1sccc1C. The predicted octanol–water partition coefficient (Wildman–Crippen LogP) is 4.19. The van der Waals surface area contributed by atoms with E-state index >= 15 is 0 Å². The van der Waals surface area contributed by atoms with Crippen molar-refractivity contribution < 1.29 is 0 Å². The van der Waals surface area contributed by atoms with Gasteiger partial charge in [0.05, 0.1) is 6.04 Å². The lowest BCUT2D eigenvalue weighted by Gasteiger charge is -2.15. The van der Waals surface area contributed by atoms with E-state index in [1.165, 1.54) is 20.5 Å². The molecule has 0 aliphatic carbocycles. The molecule has 2 aromatic rings. The largest absolute Gasteiger partial charge is 0.309 e. The molecule has 0 aliphatic rings. The van der Waals surface area contributed by atoms with Gasteiger partial charge in [-0.05, 0) is 57.9 Å². The zero-order valence-electron chi connectivity index (χ0n) is 8.58. The molecule has 0 spiro atoms. The third-order valence-corrected chi connectivity index (χ3v) is 5.24. The Balaban J connectivity index is 2.41. The molecule has 0 aromatic carbocycles. The van der Waals surface area contributed by atoms with E-state index in [-0.39, 0.29) is 0 Å². The van der Waals surface area contributed by atoms with E-state index in [0.717, 1.165) is 0 Å². The van der Waals surface area contributed by atoms with Crippen molar-refractivity contribution in [2.45, 2.75) is 13.0 Å². The van der Waals surface area contributed by atoms with E-state index in [4.69, 9.17) is 0 Å². The first kappa shape index (κ1) is 11.3. The molecule has 0 saturated heterocycles. The van der Waals surface area contributed by atoms with Gasteiger partial charge in [-0.2, -0.15) is 11.3 Å². The fraction of sp³-hybridized carbons (Fsp3) is 0.273. The molecule has 0 saturated carbocycles. The van der Waals surface area contributed by atoms with Crippen LogP contribution in [0.5, 0.6) is 0 Å². The zero-order valence-corrected chi connectivity index (χ0v) is 11.8. The van der Waals surface area contributed by atoms with E-state index < -0.39 is 0 Å². The second kappa shape index (κ2) is 4.78. The van der Waals surface area contributed by atoms with Crippen LogP contribution >= 0.6 is 38.6 Å². The molecule has 0 fully saturated rings. The van der Waals surface area contributed by atoms with Crippen molar-refractivity contribution in [2.24, 2.45) is 0 Å². The third-order valence-electron chi connectivity index (χ3n) is 2.41. The minimum atomic E-state index is 0.311. The molecule has 2 rings (SSSR count). The van der Waals surface area contributed by atoms with Gasteiger partial charge in [-0.25, -0.2) is 0 Å². The molecule has 1 N–H and O–H groups in total. The van der Waals surface area contributed by atoms with Gasteiger partial charge in [0.1, 0.15) is 0 Å². The van der Waals surface area contributed by atoms with Gasteiger partial charge in [0.15, 0.2) is 0 Å². The van der Waals surface area contributed by atoms with Crippen LogP contribution < -0.4 is 5.32 Å². The van der Waals surface area contributed by atoms with Gasteiger partial charge in [-0.1, -0.05) is 0 Å². The number of hydrogen-bond donors (Lipinski definition) is 1. The molecule has 1 unspecified atom stereocenters. The van der Waals surface area contributed by atoms with Crippen molar-refractivity contribution in [1.29, 1.82) is 0 Å². The summed E-state index contributed by atoms with van der Waals surface area (Å²) in [6.45, 7) is 2.16. The highest BCUT2D eigenvalue weighted by Crippen LogP contribution is 2.34. The molecule has 0 bridgehead atoms. The minimum absolute atomic E-state index is 0.311. The summed E-state index contributed by atoms with van der Waals surface area (Å²) in [6, 6.07) is 2.48. The zero-order chi connectivity index (χ0) is 10.8. The average Bonchev–Trinajstić information content (AvgIpc) is 2.80. The normalized spacial score (nSPS) is 13.0. The monoisotopic (exact) mass is 301 g/mol.